The van der Waals surface area contributed by atoms with Crippen LogP contribution in [0.3, 0.4) is 0 Å². The molecule has 0 aliphatic carbocycles. The minimum atomic E-state index is -0.144. The van der Waals surface area contributed by atoms with Crippen LogP contribution in [0.5, 0.6) is 11.5 Å². The van der Waals surface area contributed by atoms with Crippen molar-refractivity contribution in [2.24, 2.45) is 9.98 Å². The Balaban J connectivity index is 2.82. The molecule has 1 heterocycles. The Kier molecular flexibility index (Phi) is 1.46. The summed E-state index contributed by atoms with van der Waals surface area (Å²) in [5.41, 5.74) is 0. The number of hydrogen-bond donors (Lipinski definition) is 2. The number of benzene rings is 1. The summed E-state index contributed by atoms with van der Waals surface area (Å²) in [6, 6.07) is 2.85. The molecule has 2 rings (SSSR count). The highest BCUT2D eigenvalue weighted by Gasteiger charge is 2.02. The number of phenolic OH excluding ortho intramolecular Hbond substituents is 2. The van der Waals surface area contributed by atoms with Gasteiger partial charge in [0.05, 0.1) is 23.8 Å². The number of fused-ring (bicyclic) bond motifs is 1. The van der Waals surface area contributed by atoms with Crippen LogP contribution in [0.1, 0.15) is 0 Å². The summed E-state index contributed by atoms with van der Waals surface area (Å²) in [5.74, 6) is -0.288. The predicted molar refractivity (Wildman–Crippen MR) is 41.8 cm³/mol. The first kappa shape index (κ1) is 7.09. The van der Waals surface area contributed by atoms with E-state index in [1.165, 1.54) is 12.1 Å². The third-order valence-electron chi connectivity index (χ3n) is 1.74. The second kappa shape index (κ2) is 2.48. The molecule has 4 nitrogen and oxygen atoms in total. The molecule has 0 saturated heterocycles. The van der Waals surface area contributed by atoms with E-state index in [2.05, 4.69) is 9.98 Å². The van der Waals surface area contributed by atoms with Crippen LogP contribution in [0, 0.1) is 0 Å². The largest absolute Gasteiger partial charge is 0.504 e. The van der Waals surface area contributed by atoms with Gasteiger partial charge in [0.15, 0.2) is 11.5 Å². The van der Waals surface area contributed by atoms with Crippen LogP contribution in [0.2, 0.25) is 0 Å². The van der Waals surface area contributed by atoms with Crippen molar-refractivity contribution in [3.05, 3.63) is 22.8 Å². The number of rotatable bonds is 0. The third kappa shape index (κ3) is 1.01. The smallest absolute Gasteiger partial charge is 0.159 e. The Hall–Kier alpha value is -1.58. The van der Waals surface area contributed by atoms with E-state index in [1.54, 1.807) is 0 Å². The molecular formula is C8H8N2O2. The van der Waals surface area contributed by atoms with Crippen molar-refractivity contribution < 1.29 is 10.2 Å². The molecule has 12 heavy (non-hydrogen) atoms. The quantitative estimate of drug-likeness (QED) is 0.500. The fourth-order valence-electron chi connectivity index (χ4n) is 1.15. The van der Waals surface area contributed by atoms with Gasteiger partial charge in [-0.2, -0.15) is 0 Å². The Morgan fingerprint density at radius 1 is 0.917 bits per heavy atom. The maximum Gasteiger partial charge on any atom is 0.159 e. The zero-order chi connectivity index (χ0) is 8.55. The lowest BCUT2D eigenvalue weighted by Gasteiger charge is -2.00. The van der Waals surface area contributed by atoms with Crippen LogP contribution < -0.4 is 10.7 Å². The van der Waals surface area contributed by atoms with Crippen LogP contribution >= 0.6 is 0 Å². The zero-order valence-electron chi connectivity index (χ0n) is 6.36. The standard InChI is InChI=1S/C8H8N2O2/c11-7-3-5-6(4-8(7)12)10-2-1-9-5/h3-4,11-12H,1-2H2. The van der Waals surface area contributed by atoms with Gasteiger partial charge < -0.3 is 10.2 Å². The van der Waals surface area contributed by atoms with Gasteiger partial charge in [-0.1, -0.05) is 0 Å². The number of hydrogen-bond acceptors (Lipinski definition) is 4. The molecular weight excluding hydrogens is 156 g/mol. The van der Waals surface area contributed by atoms with Gasteiger partial charge in [-0.15, -0.1) is 0 Å². The SMILES string of the molecule is Oc1cc2c(cc1O)=NCCN=2. The highest BCUT2D eigenvalue weighted by Crippen LogP contribution is 2.18. The van der Waals surface area contributed by atoms with Crippen molar-refractivity contribution in [1.29, 1.82) is 0 Å². The van der Waals surface area contributed by atoms with Gasteiger partial charge in [-0.25, -0.2) is 0 Å². The second-order valence-electron chi connectivity index (χ2n) is 2.59. The Labute approximate surface area is 68.5 Å². The molecule has 4 heteroatoms. The molecule has 0 atom stereocenters. The van der Waals surface area contributed by atoms with Crippen molar-refractivity contribution in [2.45, 2.75) is 0 Å². The summed E-state index contributed by atoms with van der Waals surface area (Å²) >= 11 is 0. The molecule has 0 aromatic heterocycles. The van der Waals surface area contributed by atoms with E-state index in [1.807, 2.05) is 0 Å². The summed E-state index contributed by atoms with van der Waals surface area (Å²) in [7, 11) is 0. The molecule has 1 aromatic carbocycles. The van der Waals surface area contributed by atoms with E-state index in [0.29, 0.717) is 23.8 Å². The van der Waals surface area contributed by atoms with Crippen LogP contribution in [0.4, 0.5) is 0 Å². The van der Waals surface area contributed by atoms with Gasteiger partial charge >= 0.3 is 0 Å². The lowest BCUT2D eigenvalue weighted by atomic mass is 10.2. The summed E-state index contributed by atoms with van der Waals surface area (Å²) in [4.78, 5) is 8.26. The molecule has 0 spiro atoms. The molecule has 0 unspecified atom stereocenters. The first-order valence-corrected chi connectivity index (χ1v) is 3.68. The fraction of sp³-hybridized carbons (Fsp3) is 0.250. The van der Waals surface area contributed by atoms with Crippen LogP contribution in [-0.2, 0) is 0 Å². The summed E-state index contributed by atoms with van der Waals surface area (Å²) in [6.07, 6.45) is 0. The van der Waals surface area contributed by atoms with Crippen molar-refractivity contribution >= 4 is 0 Å². The number of nitrogens with zero attached hydrogens (tertiary/aromatic N) is 2. The van der Waals surface area contributed by atoms with Crippen molar-refractivity contribution in [1.82, 2.24) is 0 Å². The molecule has 62 valence electrons. The van der Waals surface area contributed by atoms with E-state index >= 15 is 0 Å². The van der Waals surface area contributed by atoms with Gasteiger partial charge in [0.2, 0.25) is 0 Å². The van der Waals surface area contributed by atoms with Gasteiger partial charge in [0.25, 0.3) is 0 Å². The normalized spacial score (nSPS) is 14.3. The van der Waals surface area contributed by atoms with Crippen LogP contribution in [0.25, 0.3) is 0 Å². The minimum Gasteiger partial charge on any atom is -0.504 e. The van der Waals surface area contributed by atoms with E-state index in [-0.39, 0.29) is 11.5 Å². The first-order valence-electron chi connectivity index (χ1n) is 3.68. The lowest BCUT2D eigenvalue weighted by molar-refractivity contribution is 0.402. The summed E-state index contributed by atoms with van der Waals surface area (Å²) in [6.45, 7) is 1.30. The van der Waals surface area contributed by atoms with Gasteiger partial charge in [0, 0.05) is 12.1 Å². The third-order valence-corrected chi connectivity index (χ3v) is 1.74. The lowest BCUT2D eigenvalue weighted by Crippen LogP contribution is -2.29. The van der Waals surface area contributed by atoms with Crippen molar-refractivity contribution in [3.8, 4) is 11.5 Å². The molecule has 0 radical (unpaired) electrons. The Bertz CT molecular complexity index is 384. The fourth-order valence-corrected chi connectivity index (χ4v) is 1.15. The maximum atomic E-state index is 9.12. The molecule has 0 amide bonds. The molecule has 0 saturated carbocycles. The highest BCUT2D eigenvalue weighted by molar-refractivity contribution is 5.36. The van der Waals surface area contributed by atoms with Crippen LogP contribution in [-0.4, -0.2) is 23.3 Å². The van der Waals surface area contributed by atoms with E-state index in [0.717, 1.165) is 0 Å². The highest BCUT2D eigenvalue weighted by atomic mass is 16.3. The maximum absolute atomic E-state index is 9.12. The monoisotopic (exact) mass is 164 g/mol. The molecule has 0 fully saturated rings. The molecule has 1 aromatic rings. The Morgan fingerprint density at radius 3 is 1.75 bits per heavy atom. The first-order chi connectivity index (χ1) is 5.77. The molecule has 0 bridgehead atoms. The van der Waals surface area contributed by atoms with Gasteiger partial charge in [-0.3, -0.25) is 9.98 Å². The minimum absolute atomic E-state index is 0.144. The predicted octanol–water partition coefficient (Wildman–Crippen LogP) is -0.649. The van der Waals surface area contributed by atoms with Crippen molar-refractivity contribution in [2.75, 3.05) is 13.1 Å². The zero-order valence-corrected chi connectivity index (χ0v) is 6.36. The molecule has 2 N–H and O–H groups in total. The topological polar surface area (TPSA) is 65.2 Å². The number of phenols is 2. The van der Waals surface area contributed by atoms with E-state index in [9.17, 15) is 0 Å². The summed E-state index contributed by atoms with van der Waals surface area (Å²) < 4.78 is 0. The summed E-state index contributed by atoms with van der Waals surface area (Å²) in [5, 5.41) is 19.5. The van der Waals surface area contributed by atoms with E-state index < -0.39 is 0 Å². The molecule has 1 aliphatic rings. The average Bonchev–Trinajstić information content (AvgIpc) is 2.07. The van der Waals surface area contributed by atoms with E-state index in [4.69, 9.17) is 10.2 Å². The van der Waals surface area contributed by atoms with Gasteiger partial charge in [0.1, 0.15) is 0 Å². The Morgan fingerprint density at radius 2 is 1.33 bits per heavy atom. The number of aromatic hydroxyl groups is 2. The second-order valence-corrected chi connectivity index (χ2v) is 2.59. The van der Waals surface area contributed by atoms with Crippen LogP contribution in [0.15, 0.2) is 22.1 Å². The average molecular weight is 164 g/mol. The molecule has 1 aliphatic heterocycles. The van der Waals surface area contributed by atoms with Gasteiger partial charge in [-0.05, 0) is 0 Å². The van der Waals surface area contributed by atoms with Crippen molar-refractivity contribution in [3.63, 3.8) is 0 Å².